The molecule has 0 N–H and O–H groups in total. The smallest absolute Gasteiger partial charge is 0.0167 e. The van der Waals surface area contributed by atoms with Crippen LogP contribution in [0.2, 0.25) is 0 Å². The van der Waals surface area contributed by atoms with Crippen LogP contribution in [0.15, 0.2) is 231 Å². The van der Waals surface area contributed by atoms with E-state index in [2.05, 4.69) is 369 Å². The standard InChI is InChI=1S/C103H98N.Ir/c1-96(2,3)72-31-39-82-78-35-27-61(52-87(78)100(13,14)91(82)56-72)67-46-66(47-68(48-67)62-28-36-79-83-40-32-73(97(4,5)6)57-92(83)101(15,16)88(79)53-62)60-23-21-24-65(45-60)95-86-26-22-25-76(77(86)43-44-104-95)71-50-69(63-29-37-80-84-41-33-74(98(7,8)9)58-93(84)102(17,18)89(80)54-63)49-70(51-71)64-30-38-81-85-42-34-75(99(10,11)12)59-94(85)103(19,20)90(81)55-64;/h21-23,25-59H,1-20H3;/q-1;. The molecule has 1 radical (unpaired) electrons. The average molecular weight is 1540 g/mol. The zero-order valence-corrected chi connectivity index (χ0v) is 67.6. The van der Waals surface area contributed by atoms with Gasteiger partial charge in [0.25, 0.3) is 0 Å². The molecule has 1 heterocycles. The Morgan fingerprint density at radius 2 is 0.524 bits per heavy atom. The van der Waals surface area contributed by atoms with Gasteiger partial charge in [0.1, 0.15) is 0 Å². The normalized spacial score (nSPS) is 15.3. The molecular weight excluding hydrogens is 1440 g/mol. The summed E-state index contributed by atoms with van der Waals surface area (Å²) < 4.78 is 0. The van der Waals surface area contributed by atoms with Crippen LogP contribution in [0.25, 0.3) is 133 Å². The SMILES string of the molecule is CC(C)(C)c1ccc2c(c1)C(C)(C)c1cc(-c3cc(-c4cc[c-]c(-c5nccc6c(-c7cc(-c8ccc9c(c8)C(C)(C)c8cc(C(C)(C)C)ccc8-9)cc(-c8ccc9c(c8)C(C)(C)c8cc(C(C)(C)C)ccc8-9)c7)cccc56)c4)cc(-c4ccc5c(c4)C(C)(C)c4cc(C(C)(C)C)ccc4-5)c3)ccc1-2.[Ir]. The first-order valence-electron chi connectivity index (χ1n) is 38.0. The van der Waals surface area contributed by atoms with Gasteiger partial charge in [-0.15, -0.1) is 35.4 Å². The summed E-state index contributed by atoms with van der Waals surface area (Å²) in [7, 11) is 0. The molecule has 0 spiro atoms. The number of rotatable bonds is 7. The van der Waals surface area contributed by atoms with Gasteiger partial charge >= 0.3 is 0 Å². The molecule has 4 aliphatic carbocycles. The minimum absolute atomic E-state index is 0. The predicted molar refractivity (Wildman–Crippen MR) is 444 cm³/mol. The van der Waals surface area contributed by atoms with E-state index in [0.717, 1.165) is 33.2 Å². The monoisotopic (exact) mass is 1540 g/mol. The molecule has 0 unspecified atom stereocenters. The molecule has 4 aliphatic rings. The molecule has 0 amide bonds. The second kappa shape index (κ2) is 23.9. The van der Waals surface area contributed by atoms with Crippen molar-refractivity contribution in [2.24, 2.45) is 0 Å². The fraction of sp³-hybridized carbons (Fsp3) is 0.272. The van der Waals surface area contributed by atoms with Gasteiger partial charge in [0.15, 0.2) is 0 Å². The summed E-state index contributed by atoms with van der Waals surface area (Å²) in [6.07, 6.45) is 2.01. The molecule has 1 nitrogen and oxygen atoms in total. The Morgan fingerprint density at radius 1 is 0.248 bits per heavy atom. The van der Waals surface area contributed by atoms with Gasteiger partial charge in [-0.3, -0.25) is 0 Å². The zero-order chi connectivity index (χ0) is 73.1. The summed E-state index contributed by atoms with van der Waals surface area (Å²) in [5.74, 6) is 0. The Balaban J connectivity index is 0.00000847. The second-order valence-electron chi connectivity index (χ2n) is 37.2. The Bertz CT molecular complexity index is 5540. The molecule has 0 fully saturated rings. The van der Waals surface area contributed by atoms with Gasteiger partial charge in [0.05, 0.1) is 0 Å². The first-order chi connectivity index (χ1) is 49.0. The van der Waals surface area contributed by atoms with Gasteiger partial charge in [-0.05, 0) is 277 Å². The maximum absolute atomic E-state index is 5.31. The van der Waals surface area contributed by atoms with Crippen LogP contribution in [-0.4, -0.2) is 4.98 Å². The summed E-state index contributed by atoms with van der Waals surface area (Å²) in [5.41, 5.74) is 42.9. The molecule has 13 aromatic rings. The van der Waals surface area contributed by atoms with Crippen molar-refractivity contribution in [3.05, 3.63) is 303 Å². The number of fused-ring (bicyclic) bond motifs is 13. The molecule has 0 saturated carbocycles. The maximum atomic E-state index is 5.31. The molecular formula is C103H98IrN-. The molecule has 17 rings (SSSR count). The van der Waals surface area contributed by atoms with Crippen molar-refractivity contribution in [2.45, 2.75) is 182 Å². The Kier molecular flexibility index (Phi) is 15.9. The number of nitrogens with zero attached hydrogens (tertiary/aromatic N) is 1. The van der Waals surface area contributed by atoms with E-state index in [0.29, 0.717) is 0 Å². The Labute approximate surface area is 639 Å². The van der Waals surface area contributed by atoms with Crippen molar-refractivity contribution in [3.8, 4) is 123 Å². The number of hydrogen-bond donors (Lipinski definition) is 0. The largest absolute Gasteiger partial charge is 0.304 e. The van der Waals surface area contributed by atoms with Gasteiger partial charge in [-0.1, -0.05) is 278 Å². The third-order valence-electron chi connectivity index (χ3n) is 24.9. The van der Waals surface area contributed by atoms with Crippen molar-refractivity contribution in [3.63, 3.8) is 0 Å². The number of pyridine rings is 1. The van der Waals surface area contributed by atoms with E-state index in [9.17, 15) is 0 Å². The fourth-order valence-electron chi connectivity index (χ4n) is 18.2. The van der Waals surface area contributed by atoms with Crippen molar-refractivity contribution >= 4 is 10.8 Å². The number of hydrogen-bond acceptors (Lipinski definition) is 1. The minimum atomic E-state index is -0.178. The molecule has 105 heavy (non-hydrogen) atoms. The minimum Gasteiger partial charge on any atom is -0.304 e. The molecule has 0 saturated heterocycles. The van der Waals surface area contributed by atoms with Crippen LogP contribution in [0.5, 0.6) is 0 Å². The first kappa shape index (κ1) is 70.0. The van der Waals surface area contributed by atoms with E-state index in [1.807, 2.05) is 6.20 Å². The third kappa shape index (κ3) is 11.3. The summed E-state index contributed by atoms with van der Waals surface area (Å²) in [5, 5.41) is 2.24. The zero-order valence-electron chi connectivity index (χ0n) is 65.2. The maximum Gasteiger partial charge on any atom is 0.0167 e. The van der Waals surface area contributed by atoms with Gasteiger partial charge in [-0.2, -0.15) is 0 Å². The molecule has 2 heteroatoms. The van der Waals surface area contributed by atoms with Gasteiger partial charge in [0, 0.05) is 48.0 Å². The van der Waals surface area contributed by atoms with Crippen LogP contribution in [0.4, 0.5) is 0 Å². The quantitative estimate of drug-likeness (QED) is 0.145. The summed E-state index contributed by atoms with van der Waals surface area (Å²) in [6, 6.07) is 91.8. The Hall–Kier alpha value is -9.30. The van der Waals surface area contributed by atoms with E-state index in [1.165, 1.54) is 167 Å². The van der Waals surface area contributed by atoms with Gasteiger partial charge in [-0.25, -0.2) is 0 Å². The van der Waals surface area contributed by atoms with Crippen molar-refractivity contribution in [1.29, 1.82) is 0 Å². The number of benzene rings is 12. The fourth-order valence-corrected chi connectivity index (χ4v) is 18.2. The van der Waals surface area contributed by atoms with Crippen LogP contribution < -0.4 is 0 Å². The summed E-state index contributed by atoms with van der Waals surface area (Å²) in [6.45, 7) is 47.2. The Morgan fingerprint density at radius 3 is 0.829 bits per heavy atom. The van der Waals surface area contributed by atoms with Gasteiger partial charge in [0.2, 0.25) is 0 Å². The van der Waals surface area contributed by atoms with Crippen molar-refractivity contribution in [1.82, 2.24) is 4.98 Å². The van der Waals surface area contributed by atoms with E-state index in [-0.39, 0.29) is 63.4 Å². The van der Waals surface area contributed by atoms with Crippen LogP contribution in [0.3, 0.4) is 0 Å². The van der Waals surface area contributed by atoms with Crippen LogP contribution in [0.1, 0.15) is 205 Å². The van der Waals surface area contributed by atoms with Crippen molar-refractivity contribution < 1.29 is 20.1 Å². The van der Waals surface area contributed by atoms with Crippen LogP contribution in [-0.2, 0) is 63.4 Å². The average Bonchev–Trinajstić information content (AvgIpc) is 1.62. The number of aromatic nitrogens is 1. The van der Waals surface area contributed by atoms with E-state index < -0.39 is 0 Å². The van der Waals surface area contributed by atoms with E-state index in [4.69, 9.17) is 4.98 Å². The van der Waals surface area contributed by atoms with Crippen LogP contribution in [0, 0.1) is 6.07 Å². The van der Waals surface area contributed by atoms with Crippen LogP contribution >= 0.6 is 0 Å². The summed E-state index contributed by atoms with van der Waals surface area (Å²) in [4.78, 5) is 5.31. The van der Waals surface area contributed by atoms with Gasteiger partial charge < -0.3 is 4.98 Å². The molecule has 0 bridgehead atoms. The molecule has 525 valence electrons. The topological polar surface area (TPSA) is 12.9 Å². The molecule has 0 aliphatic heterocycles. The second-order valence-corrected chi connectivity index (χ2v) is 37.2. The summed E-state index contributed by atoms with van der Waals surface area (Å²) >= 11 is 0. The first-order valence-corrected chi connectivity index (χ1v) is 38.0. The van der Waals surface area contributed by atoms with E-state index >= 15 is 0 Å². The van der Waals surface area contributed by atoms with Crippen molar-refractivity contribution in [2.75, 3.05) is 0 Å². The third-order valence-corrected chi connectivity index (χ3v) is 24.9. The predicted octanol–water partition coefficient (Wildman–Crippen LogP) is 28.1. The molecule has 1 aromatic heterocycles. The van der Waals surface area contributed by atoms with E-state index in [1.54, 1.807) is 0 Å². The molecule has 12 aromatic carbocycles. The molecule has 0 atom stereocenters.